The summed E-state index contributed by atoms with van der Waals surface area (Å²) in [6.07, 6.45) is 6.34. The third kappa shape index (κ3) is 4.04. The first-order valence-corrected chi connectivity index (χ1v) is 6.60. The molecule has 108 valence electrons. The molecule has 0 bridgehead atoms. The van der Waals surface area contributed by atoms with Crippen LogP contribution in [0.2, 0.25) is 0 Å². The van der Waals surface area contributed by atoms with Crippen LogP contribution >= 0.6 is 0 Å². The molecule has 20 heavy (non-hydrogen) atoms. The number of nitrogens with zero attached hydrogens (tertiary/aromatic N) is 3. The van der Waals surface area contributed by atoms with E-state index in [1.54, 1.807) is 19.4 Å². The van der Waals surface area contributed by atoms with Gasteiger partial charge in [0.05, 0.1) is 31.4 Å². The molecule has 2 aromatic heterocycles. The van der Waals surface area contributed by atoms with Crippen LogP contribution in [0.25, 0.3) is 11.3 Å². The number of hydrogen-bond donors (Lipinski definition) is 1. The van der Waals surface area contributed by atoms with Crippen molar-refractivity contribution in [1.82, 2.24) is 14.5 Å². The van der Waals surface area contributed by atoms with Gasteiger partial charge in [-0.05, 0) is 18.6 Å². The first-order valence-electron chi connectivity index (χ1n) is 6.60. The summed E-state index contributed by atoms with van der Waals surface area (Å²) < 4.78 is 12.5. The zero-order valence-electron chi connectivity index (χ0n) is 11.7. The minimum Gasteiger partial charge on any atom is -0.384 e. The number of aryl methyl sites for hydroxylation is 1. The standard InChI is InChI=1S/C14H20N4O2/c1-19-7-8-20-6-2-5-18-11-16-10-13(18)12-3-4-14(15)17-9-12/h3-4,9-11H,2,5-8H2,1H3,(H2,15,17). The van der Waals surface area contributed by atoms with Gasteiger partial charge in [0.25, 0.3) is 0 Å². The van der Waals surface area contributed by atoms with E-state index in [1.807, 2.05) is 18.6 Å². The van der Waals surface area contributed by atoms with Crippen molar-refractivity contribution in [2.24, 2.45) is 0 Å². The average Bonchev–Trinajstić information content (AvgIpc) is 2.92. The second-order valence-corrected chi connectivity index (χ2v) is 4.40. The molecule has 0 aliphatic rings. The van der Waals surface area contributed by atoms with Crippen LogP contribution in [0.5, 0.6) is 0 Å². The number of anilines is 1. The molecule has 2 heterocycles. The van der Waals surface area contributed by atoms with Gasteiger partial charge >= 0.3 is 0 Å². The van der Waals surface area contributed by atoms with Gasteiger partial charge in [0.1, 0.15) is 5.82 Å². The van der Waals surface area contributed by atoms with Crippen molar-refractivity contribution in [3.63, 3.8) is 0 Å². The molecule has 0 saturated carbocycles. The van der Waals surface area contributed by atoms with Crippen molar-refractivity contribution in [1.29, 1.82) is 0 Å². The molecule has 0 radical (unpaired) electrons. The summed E-state index contributed by atoms with van der Waals surface area (Å²) in [5.74, 6) is 0.520. The molecule has 6 heteroatoms. The Morgan fingerprint density at radius 1 is 1.20 bits per heavy atom. The Morgan fingerprint density at radius 3 is 2.85 bits per heavy atom. The van der Waals surface area contributed by atoms with E-state index in [-0.39, 0.29) is 0 Å². The van der Waals surface area contributed by atoms with Gasteiger partial charge in [0.2, 0.25) is 0 Å². The Balaban J connectivity index is 1.87. The molecule has 0 aliphatic heterocycles. The number of hydrogen-bond acceptors (Lipinski definition) is 5. The SMILES string of the molecule is COCCOCCCn1cncc1-c1ccc(N)nc1. The Hall–Kier alpha value is -1.92. The zero-order chi connectivity index (χ0) is 14.2. The van der Waals surface area contributed by atoms with Gasteiger partial charge in [0.15, 0.2) is 0 Å². The fourth-order valence-corrected chi connectivity index (χ4v) is 1.88. The Labute approximate surface area is 118 Å². The molecular weight excluding hydrogens is 256 g/mol. The predicted octanol–water partition coefficient (Wildman–Crippen LogP) is 1.58. The molecule has 0 spiro atoms. The number of nitrogens with two attached hydrogens (primary N) is 1. The largest absolute Gasteiger partial charge is 0.384 e. The Morgan fingerprint density at radius 2 is 2.10 bits per heavy atom. The third-order valence-corrected chi connectivity index (χ3v) is 2.91. The number of aromatic nitrogens is 3. The maximum atomic E-state index is 5.60. The Bertz CT molecular complexity index is 510. The highest BCUT2D eigenvalue weighted by Crippen LogP contribution is 2.18. The highest BCUT2D eigenvalue weighted by atomic mass is 16.5. The highest BCUT2D eigenvalue weighted by Gasteiger charge is 2.05. The van der Waals surface area contributed by atoms with Crippen LogP contribution < -0.4 is 5.73 Å². The topological polar surface area (TPSA) is 75.2 Å². The van der Waals surface area contributed by atoms with Gasteiger partial charge in [0, 0.05) is 32.0 Å². The normalized spacial score (nSPS) is 10.8. The van der Waals surface area contributed by atoms with Crippen LogP contribution in [0.4, 0.5) is 5.82 Å². The fourth-order valence-electron chi connectivity index (χ4n) is 1.88. The minimum absolute atomic E-state index is 0.520. The molecule has 2 rings (SSSR count). The van der Waals surface area contributed by atoms with E-state index in [4.69, 9.17) is 15.2 Å². The summed E-state index contributed by atoms with van der Waals surface area (Å²) in [5, 5.41) is 0. The summed E-state index contributed by atoms with van der Waals surface area (Å²) in [7, 11) is 1.67. The van der Waals surface area contributed by atoms with E-state index in [9.17, 15) is 0 Å². The Kier molecular flexibility index (Phi) is 5.52. The number of nitrogen functional groups attached to an aromatic ring is 1. The van der Waals surface area contributed by atoms with Gasteiger partial charge in [-0.1, -0.05) is 0 Å². The van der Waals surface area contributed by atoms with E-state index < -0.39 is 0 Å². The first-order chi connectivity index (χ1) is 9.81. The summed E-state index contributed by atoms with van der Waals surface area (Å²) in [4.78, 5) is 8.30. The molecule has 0 atom stereocenters. The summed E-state index contributed by atoms with van der Waals surface area (Å²) in [6.45, 7) is 2.83. The second kappa shape index (κ2) is 7.62. The van der Waals surface area contributed by atoms with Crippen molar-refractivity contribution in [3.05, 3.63) is 30.9 Å². The number of imidazole rings is 1. The van der Waals surface area contributed by atoms with Crippen molar-refractivity contribution in [2.45, 2.75) is 13.0 Å². The van der Waals surface area contributed by atoms with Crippen LogP contribution in [0, 0.1) is 0 Å². The van der Waals surface area contributed by atoms with Crippen LogP contribution in [0.1, 0.15) is 6.42 Å². The van der Waals surface area contributed by atoms with Gasteiger partial charge in [-0.2, -0.15) is 0 Å². The van der Waals surface area contributed by atoms with Crippen molar-refractivity contribution >= 4 is 5.82 Å². The van der Waals surface area contributed by atoms with Crippen molar-refractivity contribution in [2.75, 3.05) is 32.7 Å². The lowest BCUT2D eigenvalue weighted by Gasteiger charge is -2.08. The highest BCUT2D eigenvalue weighted by molar-refractivity contribution is 5.59. The van der Waals surface area contributed by atoms with Crippen LogP contribution in [0.15, 0.2) is 30.9 Å². The van der Waals surface area contributed by atoms with Crippen LogP contribution in [-0.4, -0.2) is 41.5 Å². The number of pyridine rings is 1. The minimum atomic E-state index is 0.520. The first kappa shape index (κ1) is 14.5. The zero-order valence-corrected chi connectivity index (χ0v) is 11.7. The van der Waals surface area contributed by atoms with Crippen LogP contribution in [0.3, 0.4) is 0 Å². The van der Waals surface area contributed by atoms with E-state index in [2.05, 4.69) is 14.5 Å². The maximum Gasteiger partial charge on any atom is 0.123 e. The molecule has 0 amide bonds. The van der Waals surface area contributed by atoms with E-state index >= 15 is 0 Å². The average molecular weight is 276 g/mol. The van der Waals surface area contributed by atoms with E-state index in [1.165, 1.54) is 0 Å². The van der Waals surface area contributed by atoms with Gasteiger partial charge in [-0.3, -0.25) is 0 Å². The van der Waals surface area contributed by atoms with E-state index in [0.717, 1.165) is 24.2 Å². The van der Waals surface area contributed by atoms with Gasteiger partial charge < -0.3 is 19.8 Å². The summed E-state index contributed by atoms with van der Waals surface area (Å²) in [5.41, 5.74) is 7.64. The molecule has 6 nitrogen and oxygen atoms in total. The van der Waals surface area contributed by atoms with E-state index in [0.29, 0.717) is 25.6 Å². The summed E-state index contributed by atoms with van der Waals surface area (Å²) in [6, 6.07) is 3.74. The molecule has 0 aliphatic carbocycles. The predicted molar refractivity (Wildman–Crippen MR) is 77.2 cm³/mol. The molecule has 0 aromatic carbocycles. The second-order valence-electron chi connectivity index (χ2n) is 4.40. The smallest absolute Gasteiger partial charge is 0.123 e. The van der Waals surface area contributed by atoms with Gasteiger partial charge in [-0.25, -0.2) is 9.97 Å². The summed E-state index contributed by atoms with van der Waals surface area (Å²) >= 11 is 0. The monoisotopic (exact) mass is 276 g/mol. The lowest BCUT2D eigenvalue weighted by molar-refractivity contribution is 0.0680. The molecule has 2 N–H and O–H groups in total. The van der Waals surface area contributed by atoms with Gasteiger partial charge in [-0.15, -0.1) is 0 Å². The number of rotatable bonds is 8. The third-order valence-electron chi connectivity index (χ3n) is 2.91. The molecule has 0 saturated heterocycles. The van der Waals surface area contributed by atoms with Crippen LogP contribution in [-0.2, 0) is 16.0 Å². The molecule has 0 unspecified atom stereocenters. The van der Waals surface area contributed by atoms with Crippen molar-refractivity contribution in [3.8, 4) is 11.3 Å². The lowest BCUT2D eigenvalue weighted by Crippen LogP contribution is -2.06. The maximum absolute atomic E-state index is 5.60. The lowest BCUT2D eigenvalue weighted by atomic mass is 10.2. The van der Waals surface area contributed by atoms with Crippen molar-refractivity contribution < 1.29 is 9.47 Å². The fraction of sp³-hybridized carbons (Fsp3) is 0.429. The number of ether oxygens (including phenoxy) is 2. The molecule has 2 aromatic rings. The quantitative estimate of drug-likeness (QED) is 0.741. The molecular formula is C14H20N4O2. The molecule has 0 fully saturated rings. The number of methoxy groups -OCH3 is 1.